The Labute approximate surface area is 222 Å². The number of aromatic nitrogens is 1. The average Bonchev–Trinajstić information content (AvgIpc) is 2.91. The van der Waals surface area contributed by atoms with Crippen molar-refractivity contribution in [2.75, 3.05) is 39.8 Å². The van der Waals surface area contributed by atoms with Crippen LogP contribution in [0.3, 0.4) is 0 Å². The lowest BCUT2D eigenvalue weighted by Crippen LogP contribution is -2.55. The SMILES string of the molecule is Cc1ccc(COC[C@@H](NC(=O)c2cccnc2Oc2ccc(F)cc2C)C(=O)N2CCN(C)CC2)cc1. The number of nitrogens with zero attached hydrogens (tertiary/aromatic N) is 3. The summed E-state index contributed by atoms with van der Waals surface area (Å²) in [6, 6.07) is 14.3. The maximum absolute atomic E-state index is 13.5. The molecule has 0 bridgehead atoms. The normalized spacial score (nSPS) is 14.7. The van der Waals surface area contributed by atoms with E-state index < -0.39 is 11.9 Å². The van der Waals surface area contributed by atoms with Crippen LogP contribution >= 0.6 is 0 Å². The number of piperazine rings is 1. The fourth-order valence-corrected chi connectivity index (χ4v) is 4.11. The number of halogens is 1. The molecule has 9 heteroatoms. The van der Waals surface area contributed by atoms with Gasteiger partial charge in [0.15, 0.2) is 0 Å². The minimum Gasteiger partial charge on any atom is -0.438 e. The monoisotopic (exact) mass is 520 g/mol. The topological polar surface area (TPSA) is 84.0 Å². The number of amides is 2. The van der Waals surface area contributed by atoms with Crippen LogP contribution in [-0.2, 0) is 16.1 Å². The molecular weight excluding hydrogens is 487 g/mol. The van der Waals surface area contributed by atoms with Crippen molar-refractivity contribution in [2.45, 2.75) is 26.5 Å². The Morgan fingerprint density at radius 3 is 2.50 bits per heavy atom. The zero-order chi connectivity index (χ0) is 27.1. The maximum atomic E-state index is 13.5. The van der Waals surface area contributed by atoms with Gasteiger partial charge in [0.1, 0.15) is 23.2 Å². The van der Waals surface area contributed by atoms with Crippen molar-refractivity contribution in [3.05, 3.63) is 88.9 Å². The third-order valence-corrected chi connectivity index (χ3v) is 6.45. The van der Waals surface area contributed by atoms with Gasteiger partial charge in [-0.2, -0.15) is 0 Å². The Morgan fingerprint density at radius 2 is 1.79 bits per heavy atom. The second-order valence-corrected chi connectivity index (χ2v) is 9.52. The lowest BCUT2D eigenvalue weighted by molar-refractivity contribution is -0.136. The summed E-state index contributed by atoms with van der Waals surface area (Å²) in [5.41, 5.74) is 2.85. The van der Waals surface area contributed by atoms with Crippen LogP contribution < -0.4 is 10.1 Å². The number of likely N-dealkylation sites (N-methyl/N-ethyl adjacent to an activating group) is 1. The number of carbonyl (C=O) groups is 2. The number of ether oxygens (including phenoxy) is 2. The molecule has 0 aliphatic carbocycles. The van der Waals surface area contributed by atoms with E-state index in [1.54, 1.807) is 24.0 Å². The second-order valence-electron chi connectivity index (χ2n) is 9.52. The second kappa shape index (κ2) is 12.6. The van der Waals surface area contributed by atoms with Crippen molar-refractivity contribution in [1.29, 1.82) is 0 Å². The summed E-state index contributed by atoms with van der Waals surface area (Å²) in [6.45, 7) is 6.71. The van der Waals surface area contributed by atoms with Crippen LogP contribution in [0.5, 0.6) is 11.6 Å². The number of benzene rings is 2. The van der Waals surface area contributed by atoms with Crippen molar-refractivity contribution in [3.8, 4) is 11.6 Å². The molecule has 200 valence electrons. The Morgan fingerprint density at radius 1 is 1.05 bits per heavy atom. The molecule has 0 spiro atoms. The van der Waals surface area contributed by atoms with Gasteiger partial charge in [0.2, 0.25) is 11.8 Å². The predicted octanol–water partition coefficient (Wildman–Crippen LogP) is 3.72. The van der Waals surface area contributed by atoms with E-state index in [2.05, 4.69) is 15.2 Å². The lowest BCUT2D eigenvalue weighted by Gasteiger charge is -2.34. The van der Waals surface area contributed by atoms with Gasteiger partial charge in [-0.1, -0.05) is 29.8 Å². The first kappa shape index (κ1) is 27.2. The molecule has 1 aromatic heterocycles. The molecule has 2 amide bonds. The first-order valence-corrected chi connectivity index (χ1v) is 12.6. The van der Waals surface area contributed by atoms with Gasteiger partial charge < -0.3 is 24.6 Å². The molecule has 2 heterocycles. The highest BCUT2D eigenvalue weighted by atomic mass is 19.1. The van der Waals surface area contributed by atoms with E-state index in [9.17, 15) is 14.0 Å². The van der Waals surface area contributed by atoms with Crippen molar-refractivity contribution in [1.82, 2.24) is 20.1 Å². The van der Waals surface area contributed by atoms with E-state index in [1.165, 1.54) is 24.4 Å². The molecule has 1 aliphatic heterocycles. The Bertz CT molecular complexity index is 1260. The highest BCUT2D eigenvalue weighted by molar-refractivity contribution is 5.99. The number of carbonyl (C=O) groups excluding carboxylic acids is 2. The smallest absolute Gasteiger partial charge is 0.257 e. The quantitative estimate of drug-likeness (QED) is 0.463. The number of pyridine rings is 1. The fraction of sp³-hybridized carbons (Fsp3) is 0.345. The van der Waals surface area contributed by atoms with Gasteiger partial charge in [-0.15, -0.1) is 0 Å². The fourth-order valence-electron chi connectivity index (χ4n) is 4.11. The van der Waals surface area contributed by atoms with Crippen molar-refractivity contribution >= 4 is 11.8 Å². The van der Waals surface area contributed by atoms with Crippen LogP contribution in [0.4, 0.5) is 4.39 Å². The number of hydrogen-bond donors (Lipinski definition) is 1. The predicted molar refractivity (Wildman–Crippen MR) is 142 cm³/mol. The molecule has 1 atom stereocenters. The molecule has 1 aliphatic rings. The highest BCUT2D eigenvalue weighted by Gasteiger charge is 2.29. The summed E-state index contributed by atoms with van der Waals surface area (Å²) in [4.78, 5) is 34.9. The van der Waals surface area contributed by atoms with Gasteiger partial charge in [-0.3, -0.25) is 9.59 Å². The molecule has 1 saturated heterocycles. The van der Waals surface area contributed by atoms with E-state index >= 15 is 0 Å². The van der Waals surface area contributed by atoms with Crippen LogP contribution in [0, 0.1) is 19.7 Å². The number of hydrogen-bond acceptors (Lipinski definition) is 6. The average molecular weight is 521 g/mol. The number of aryl methyl sites for hydroxylation is 2. The third-order valence-electron chi connectivity index (χ3n) is 6.45. The van der Waals surface area contributed by atoms with Crippen LogP contribution in [0.2, 0.25) is 0 Å². The van der Waals surface area contributed by atoms with Gasteiger partial charge >= 0.3 is 0 Å². The summed E-state index contributed by atoms with van der Waals surface area (Å²) in [7, 11) is 2.01. The van der Waals surface area contributed by atoms with Gasteiger partial charge in [-0.25, -0.2) is 9.37 Å². The van der Waals surface area contributed by atoms with Crippen LogP contribution in [0.15, 0.2) is 60.8 Å². The molecule has 3 aromatic rings. The molecule has 38 heavy (non-hydrogen) atoms. The summed E-state index contributed by atoms with van der Waals surface area (Å²) in [5, 5.41) is 2.84. The summed E-state index contributed by atoms with van der Waals surface area (Å²) >= 11 is 0. The van der Waals surface area contributed by atoms with Crippen LogP contribution in [0.1, 0.15) is 27.0 Å². The first-order valence-electron chi connectivity index (χ1n) is 12.6. The van der Waals surface area contributed by atoms with Crippen molar-refractivity contribution in [2.24, 2.45) is 0 Å². The number of nitrogens with one attached hydrogen (secondary N) is 1. The van der Waals surface area contributed by atoms with Gasteiger partial charge in [0.05, 0.1) is 13.2 Å². The summed E-state index contributed by atoms with van der Waals surface area (Å²) in [5.74, 6) is -0.656. The molecule has 0 radical (unpaired) electrons. The van der Waals surface area contributed by atoms with Gasteiger partial charge in [0, 0.05) is 32.4 Å². The minimum absolute atomic E-state index is 0.0122. The minimum atomic E-state index is -0.892. The zero-order valence-corrected chi connectivity index (χ0v) is 21.9. The Balaban J connectivity index is 1.49. The molecule has 1 fully saturated rings. The van der Waals surface area contributed by atoms with E-state index in [1.807, 2.05) is 38.2 Å². The van der Waals surface area contributed by atoms with Crippen LogP contribution in [0.25, 0.3) is 0 Å². The van der Waals surface area contributed by atoms with Gasteiger partial charge in [0.25, 0.3) is 5.91 Å². The molecular formula is C29H33FN4O4. The lowest BCUT2D eigenvalue weighted by atomic mass is 10.1. The highest BCUT2D eigenvalue weighted by Crippen LogP contribution is 2.26. The molecule has 0 unspecified atom stereocenters. The Kier molecular flexibility index (Phi) is 9.04. The van der Waals surface area contributed by atoms with Crippen molar-refractivity contribution in [3.63, 3.8) is 0 Å². The van der Waals surface area contributed by atoms with Crippen molar-refractivity contribution < 1.29 is 23.5 Å². The molecule has 4 rings (SSSR count). The Hall–Kier alpha value is -3.82. The van der Waals surface area contributed by atoms with Gasteiger partial charge in [-0.05, 0) is 62.4 Å². The molecule has 2 aromatic carbocycles. The molecule has 0 saturated carbocycles. The maximum Gasteiger partial charge on any atom is 0.257 e. The third kappa shape index (κ3) is 7.14. The zero-order valence-electron chi connectivity index (χ0n) is 21.9. The van der Waals surface area contributed by atoms with Crippen LogP contribution in [-0.4, -0.2) is 72.5 Å². The summed E-state index contributed by atoms with van der Waals surface area (Å²) < 4.78 is 25.3. The molecule has 8 nitrogen and oxygen atoms in total. The molecule has 1 N–H and O–H groups in total. The number of rotatable bonds is 9. The van der Waals surface area contributed by atoms with E-state index in [-0.39, 0.29) is 29.8 Å². The standard InChI is InChI=1S/C29H33FN4O4/c1-20-6-8-22(9-7-20)18-37-19-25(29(36)34-15-13-33(3)14-16-34)32-27(35)24-5-4-12-31-28(24)38-26-11-10-23(30)17-21(26)2/h4-12,17,25H,13-16,18-19H2,1-3H3,(H,32,35)/t25-/m1/s1. The summed E-state index contributed by atoms with van der Waals surface area (Å²) in [6.07, 6.45) is 1.50. The first-order chi connectivity index (χ1) is 18.3. The largest absolute Gasteiger partial charge is 0.438 e. The van der Waals surface area contributed by atoms with E-state index in [0.717, 1.165) is 24.2 Å². The van der Waals surface area contributed by atoms with E-state index in [4.69, 9.17) is 9.47 Å². The van der Waals surface area contributed by atoms with E-state index in [0.29, 0.717) is 31.0 Å².